The molecule has 1 unspecified atom stereocenters. The molecule has 1 aliphatic heterocycles. The van der Waals surface area contributed by atoms with E-state index in [9.17, 15) is 0 Å². The lowest BCUT2D eigenvalue weighted by molar-refractivity contribution is 0.351. The maximum Gasteiger partial charge on any atom is 0.0766 e. The summed E-state index contributed by atoms with van der Waals surface area (Å²) in [6, 6.07) is 0. The highest BCUT2D eigenvalue weighted by Gasteiger charge is 2.33. The van der Waals surface area contributed by atoms with E-state index >= 15 is 0 Å². The van der Waals surface area contributed by atoms with Gasteiger partial charge in [0.05, 0.1) is 15.9 Å². The molecule has 0 aliphatic carbocycles. The summed E-state index contributed by atoms with van der Waals surface area (Å²) >= 11 is 3.71. The standard InChI is InChI=1S/C13H22BrN3/c1-4-10-12(14)11(17(3)16-10)9-13(5-2)7-6-8-15-13/h15H,4-9H2,1-3H3. The number of rotatable bonds is 4. The number of halogens is 1. The van der Waals surface area contributed by atoms with Gasteiger partial charge < -0.3 is 5.32 Å². The Labute approximate surface area is 112 Å². The van der Waals surface area contributed by atoms with Crippen molar-refractivity contribution < 1.29 is 0 Å². The van der Waals surface area contributed by atoms with Crippen LogP contribution in [0.2, 0.25) is 0 Å². The fourth-order valence-corrected chi connectivity index (χ4v) is 3.54. The van der Waals surface area contributed by atoms with Gasteiger partial charge >= 0.3 is 0 Å². The van der Waals surface area contributed by atoms with Gasteiger partial charge in [0.1, 0.15) is 0 Å². The van der Waals surface area contributed by atoms with Crippen molar-refractivity contribution in [3.05, 3.63) is 15.9 Å². The van der Waals surface area contributed by atoms with E-state index in [1.807, 2.05) is 4.68 Å². The highest BCUT2D eigenvalue weighted by atomic mass is 79.9. The van der Waals surface area contributed by atoms with E-state index in [4.69, 9.17) is 0 Å². The number of aryl methyl sites for hydroxylation is 2. The molecule has 96 valence electrons. The van der Waals surface area contributed by atoms with Gasteiger partial charge in [-0.05, 0) is 48.2 Å². The molecule has 0 saturated carbocycles. The average molecular weight is 300 g/mol. The quantitative estimate of drug-likeness (QED) is 0.926. The third kappa shape index (κ3) is 2.43. The van der Waals surface area contributed by atoms with Crippen molar-refractivity contribution in [2.24, 2.45) is 7.05 Å². The molecule has 0 bridgehead atoms. The highest BCUT2D eigenvalue weighted by molar-refractivity contribution is 9.10. The smallest absolute Gasteiger partial charge is 0.0766 e. The zero-order valence-corrected chi connectivity index (χ0v) is 12.6. The summed E-state index contributed by atoms with van der Waals surface area (Å²) in [6.45, 7) is 5.59. The topological polar surface area (TPSA) is 29.9 Å². The molecule has 4 heteroatoms. The molecular formula is C13H22BrN3. The second-order valence-corrected chi connectivity index (χ2v) is 5.82. The second-order valence-electron chi connectivity index (χ2n) is 5.03. The molecule has 1 aliphatic rings. The lowest BCUT2D eigenvalue weighted by atomic mass is 9.89. The van der Waals surface area contributed by atoms with E-state index in [0.717, 1.165) is 19.4 Å². The van der Waals surface area contributed by atoms with Gasteiger partial charge in [0.25, 0.3) is 0 Å². The van der Waals surface area contributed by atoms with Crippen molar-refractivity contribution >= 4 is 15.9 Å². The van der Waals surface area contributed by atoms with E-state index in [-0.39, 0.29) is 0 Å². The fraction of sp³-hybridized carbons (Fsp3) is 0.769. The van der Waals surface area contributed by atoms with Crippen LogP contribution in [0.1, 0.15) is 44.5 Å². The Kier molecular flexibility index (Phi) is 3.93. The fourth-order valence-electron chi connectivity index (χ4n) is 2.78. The monoisotopic (exact) mass is 299 g/mol. The van der Waals surface area contributed by atoms with E-state index in [0.29, 0.717) is 5.54 Å². The van der Waals surface area contributed by atoms with Crippen LogP contribution in [0, 0.1) is 0 Å². The van der Waals surface area contributed by atoms with E-state index < -0.39 is 0 Å². The summed E-state index contributed by atoms with van der Waals surface area (Å²) in [4.78, 5) is 0. The van der Waals surface area contributed by atoms with Gasteiger partial charge in [-0.25, -0.2) is 0 Å². The van der Waals surface area contributed by atoms with E-state index in [1.165, 1.54) is 35.1 Å². The van der Waals surface area contributed by atoms with E-state index in [1.54, 1.807) is 0 Å². The zero-order valence-electron chi connectivity index (χ0n) is 11.0. The summed E-state index contributed by atoms with van der Waals surface area (Å²) in [5.74, 6) is 0. The van der Waals surface area contributed by atoms with Gasteiger partial charge in [0, 0.05) is 19.0 Å². The van der Waals surface area contributed by atoms with Crippen LogP contribution in [0.5, 0.6) is 0 Å². The molecule has 1 saturated heterocycles. The van der Waals surface area contributed by atoms with Crippen molar-refractivity contribution in [3.8, 4) is 0 Å². The Bertz CT molecular complexity index is 392. The summed E-state index contributed by atoms with van der Waals surface area (Å²) in [5, 5.41) is 8.27. The summed E-state index contributed by atoms with van der Waals surface area (Å²) in [6.07, 6.45) is 5.83. The van der Waals surface area contributed by atoms with Crippen molar-refractivity contribution in [2.75, 3.05) is 6.54 Å². The maximum absolute atomic E-state index is 4.58. The van der Waals surface area contributed by atoms with Crippen molar-refractivity contribution in [2.45, 2.75) is 51.5 Å². The minimum absolute atomic E-state index is 0.293. The molecule has 2 heterocycles. The zero-order chi connectivity index (χ0) is 12.5. The molecule has 2 rings (SSSR count). The Morgan fingerprint density at radius 3 is 2.71 bits per heavy atom. The first-order chi connectivity index (χ1) is 8.12. The Hall–Kier alpha value is -0.350. The summed E-state index contributed by atoms with van der Waals surface area (Å²) in [5.41, 5.74) is 2.80. The first kappa shape index (κ1) is 13.1. The SMILES string of the molecule is CCc1nn(C)c(CC2(CC)CCCN2)c1Br. The van der Waals surface area contributed by atoms with Crippen LogP contribution in [-0.4, -0.2) is 21.9 Å². The first-order valence-corrected chi connectivity index (χ1v) is 7.36. The Balaban J connectivity index is 2.25. The lowest BCUT2D eigenvalue weighted by Crippen LogP contribution is -2.41. The molecule has 1 N–H and O–H groups in total. The van der Waals surface area contributed by atoms with Gasteiger partial charge in [0.2, 0.25) is 0 Å². The van der Waals surface area contributed by atoms with Gasteiger partial charge in [-0.2, -0.15) is 5.10 Å². The van der Waals surface area contributed by atoms with Crippen LogP contribution in [-0.2, 0) is 19.9 Å². The van der Waals surface area contributed by atoms with Crippen LogP contribution in [0.3, 0.4) is 0 Å². The minimum Gasteiger partial charge on any atom is -0.311 e. The van der Waals surface area contributed by atoms with Crippen LogP contribution in [0.15, 0.2) is 4.47 Å². The van der Waals surface area contributed by atoms with E-state index in [2.05, 4.69) is 47.2 Å². The normalized spacial score (nSPS) is 24.5. The molecule has 1 atom stereocenters. The largest absolute Gasteiger partial charge is 0.311 e. The summed E-state index contributed by atoms with van der Waals surface area (Å²) in [7, 11) is 2.05. The Morgan fingerprint density at radius 1 is 1.47 bits per heavy atom. The number of hydrogen-bond donors (Lipinski definition) is 1. The molecule has 1 aromatic heterocycles. The van der Waals surface area contributed by atoms with Gasteiger partial charge in [-0.15, -0.1) is 0 Å². The second kappa shape index (κ2) is 5.11. The van der Waals surface area contributed by atoms with Crippen LogP contribution in [0.25, 0.3) is 0 Å². The predicted octanol–water partition coefficient (Wildman–Crippen LogP) is 2.82. The number of aromatic nitrogens is 2. The number of nitrogens with zero attached hydrogens (tertiary/aromatic N) is 2. The first-order valence-electron chi connectivity index (χ1n) is 6.57. The molecule has 1 fully saturated rings. The van der Waals surface area contributed by atoms with Crippen LogP contribution < -0.4 is 5.32 Å². The predicted molar refractivity (Wildman–Crippen MR) is 74.2 cm³/mol. The highest BCUT2D eigenvalue weighted by Crippen LogP contribution is 2.31. The van der Waals surface area contributed by atoms with Crippen LogP contribution >= 0.6 is 15.9 Å². The number of hydrogen-bond acceptors (Lipinski definition) is 2. The lowest BCUT2D eigenvalue weighted by Gasteiger charge is -2.28. The molecule has 17 heavy (non-hydrogen) atoms. The molecule has 0 spiro atoms. The molecule has 0 aromatic carbocycles. The van der Waals surface area contributed by atoms with Crippen molar-refractivity contribution in [3.63, 3.8) is 0 Å². The molecule has 1 aromatic rings. The molecule has 3 nitrogen and oxygen atoms in total. The molecule has 0 amide bonds. The molecular weight excluding hydrogens is 278 g/mol. The maximum atomic E-state index is 4.58. The average Bonchev–Trinajstić information content (AvgIpc) is 2.90. The minimum atomic E-state index is 0.293. The van der Waals surface area contributed by atoms with Crippen LogP contribution in [0.4, 0.5) is 0 Å². The molecule has 0 radical (unpaired) electrons. The van der Waals surface area contributed by atoms with Gasteiger partial charge in [-0.3, -0.25) is 4.68 Å². The summed E-state index contributed by atoms with van der Waals surface area (Å²) < 4.78 is 3.25. The third-order valence-electron chi connectivity index (χ3n) is 4.02. The van der Waals surface area contributed by atoms with Gasteiger partial charge in [0.15, 0.2) is 0 Å². The third-order valence-corrected chi connectivity index (χ3v) is 4.93. The van der Waals surface area contributed by atoms with Gasteiger partial charge in [-0.1, -0.05) is 13.8 Å². The van der Waals surface area contributed by atoms with Crippen molar-refractivity contribution in [1.82, 2.24) is 15.1 Å². The number of nitrogens with one attached hydrogen (secondary N) is 1. The Morgan fingerprint density at radius 2 is 2.24 bits per heavy atom. The van der Waals surface area contributed by atoms with Crippen molar-refractivity contribution in [1.29, 1.82) is 0 Å².